The Balaban J connectivity index is 1.61. The van der Waals surface area contributed by atoms with Crippen molar-refractivity contribution in [3.63, 3.8) is 0 Å². The van der Waals surface area contributed by atoms with Gasteiger partial charge in [0.05, 0.1) is 17.9 Å². The minimum atomic E-state index is 0.0527. The molecule has 1 amide bonds. The number of benzene rings is 1. The van der Waals surface area contributed by atoms with E-state index in [9.17, 15) is 4.79 Å². The summed E-state index contributed by atoms with van der Waals surface area (Å²) in [6.45, 7) is 6.31. The Hall–Kier alpha value is -3.52. The van der Waals surface area contributed by atoms with Crippen LogP contribution in [0, 0.1) is 6.92 Å². The number of ether oxygens (including phenoxy) is 1. The molecule has 2 saturated heterocycles. The highest BCUT2D eigenvalue weighted by molar-refractivity contribution is 6.10. The molecule has 0 radical (unpaired) electrons. The first-order valence-corrected chi connectivity index (χ1v) is 12.2. The second-order valence-electron chi connectivity index (χ2n) is 9.40. The number of pyridine rings is 1. The molecule has 0 unspecified atom stereocenters. The van der Waals surface area contributed by atoms with Crippen LogP contribution in [0.4, 0.5) is 0 Å². The third-order valence-corrected chi connectivity index (χ3v) is 7.07. The zero-order valence-electron chi connectivity index (χ0n) is 20.6. The van der Waals surface area contributed by atoms with E-state index in [4.69, 9.17) is 20.4 Å². The number of hydrogen-bond donors (Lipinski definition) is 1. The maximum Gasteiger partial charge on any atom is 0.219 e. The van der Waals surface area contributed by atoms with Gasteiger partial charge < -0.3 is 15.4 Å². The molecule has 0 spiro atoms. The van der Waals surface area contributed by atoms with Crippen LogP contribution < -0.4 is 5.73 Å². The molecule has 4 heterocycles. The number of rotatable bonds is 3. The maximum absolute atomic E-state index is 12.2. The van der Waals surface area contributed by atoms with Crippen LogP contribution in [-0.4, -0.2) is 63.6 Å². The van der Waals surface area contributed by atoms with E-state index in [-0.39, 0.29) is 11.9 Å². The normalized spacial score (nSPS) is 20.0. The maximum atomic E-state index is 12.2. The molecule has 5 rings (SSSR count). The fourth-order valence-electron chi connectivity index (χ4n) is 5.06. The summed E-state index contributed by atoms with van der Waals surface area (Å²) in [5.41, 5.74) is 13.4. The largest absolute Gasteiger partial charge is 0.398 e. The zero-order chi connectivity index (χ0) is 24.5. The lowest BCUT2D eigenvalue weighted by Crippen LogP contribution is -2.40. The van der Waals surface area contributed by atoms with Crippen molar-refractivity contribution in [1.82, 2.24) is 19.7 Å². The Bertz CT molecular complexity index is 1330. The molecule has 2 aliphatic rings. The van der Waals surface area contributed by atoms with Crippen molar-refractivity contribution in [2.24, 2.45) is 17.8 Å². The number of fused-ring (bicyclic) bond motifs is 1. The topological polar surface area (TPSA) is 98.6 Å². The highest BCUT2D eigenvalue weighted by Crippen LogP contribution is 2.32. The number of nitrogens with zero attached hydrogens (tertiary/aromatic N) is 5. The molecule has 8 nitrogen and oxygen atoms in total. The molecular formula is C27H32N6O2. The molecule has 8 heteroatoms. The van der Waals surface area contributed by atoms with E-state index >= 15 is 0 Å². The summed E-state index contributed by atoms with van der Waals surface area (Å²) < 4.78 is 7.29. The number of hydrogen-bond acceptors (Lipinski definition) is 6. The van der Waals surface area contributed by atoms with Gasteiger partial charge in [0.25, 0.3) is 0 Å². The quantitative estimate of drug-likeness (QED) is 0.629. The fourth-order valence-corrected chi connectivity index (χ4v) is 5.06. The van der Waals surface area contributed by atoms with E-state index in [1.54, 1.807) is 11.6 Å². The van der Waals surface area contributed by atoms with Crippen molar-refractivity contribution in [2.75, 3.05) is 26.3 Å². The number of amides is 1. The molecule has 3 aromatic rings. The van der Waals surface area contributed by atoms with Gasteiger partial charge in [-0.2, -0.15) is 5.10 Å². The van der Waals surface area contributed by atoms with Gasteiger partial charge in [-0.05, 0) is 30.7 Å². The summed E-state index contributed by atoms with van der Waals surface area (Å²) in [6.07, 6.45) is 8.25. The Morgan fingerprint density at radius 1 is 1.20 bits per heavy atom. The summed E-state index contributed by atoms with van der Waals surface area (Å²) >= 11 is 0. The molecule has 35 heavy (non-hydrogen) atoms. The Morgan fingerprint density at radius 3 is 2.71 bits per heavy atom. The summed E-state index contributed by atoms with van der Waals surface area (Å²) in [4.78, 5) is 24.0. The van der Waals surface area contributed by atoms with Crippen LogP contribution in [0.15, 0.2) is 47.4 Å². The first-order chi connectivity index (χ1) is 16.9. The molecule has 2 fully saturated rings. The van der Waals surface area contributed by atoms with Gasteiger partial charge in [0.1, 0.15) is 0 Å². The molecule has 182 valence electrons. The van der Waals surface area contributed by atoms with Crippen molar-refractivity contribution in [3.8, 4) is 11.3 Å². The molecule has 0 bridgehead atoms. The third kappa shape index (κ3) is 4.58. The van der Waals surface area contributed by atoms with Crippen molar-refractivity contribution in [1.29, 1.82) is 0 Å². The molecule has 2 N–H and O–H groups in total. The minimum Gasteiger partial charge on any atom is -0.398 e. The number of aryl methyl sites for hydroxylation is 2. The average Bonchev–Trinajstić information content (AvgIpc) is 3.30. The predicted octanol–water partition coefficient (Wildman–Crippen LogP) is 3.49. The molecule has 2 aliphatic heterocycles. The number of nitrogens with two attached hydrogens (primary N) is 1. The zero-order valence-corrected chi connectivity index (χ0v) is 20.6. The molecule has 0 aliphatic carbocycles. The Labute approximate surface area is 205 Å². The predicted molar refractivity (Wildman–Crippen MR) is 138 cm³/mol. The van der Waals surface area contributed by atoms with Crippen LogP contribution in [0.3, 0.4) is 0 Å². The molecule has 0 atom stereocenters. The van der Waals surface area contributed by atoms with Gasteiger partial charge in [-0.25, -0.2) is 0 Å². The third-order valence-electron chi connectivity index (χ3n) is 7.07. The van der Waals surface area contributed by atoms with Crippen LogP contribution in [0.5, 0.6) is 0 Å². The fraction of sp³-hybridized carbons (Fsp3) is 0.407. The van der Waals surface area contributed by atoms with E-state index in [1.165, 1.54) is 0 Å². The summed E-state index contributed by atoms with van der Waals surface area (Å²) in [6, 6.07) is 6.41. The van der Waals surface area contributed by atoms with Crippen molar-refractivity contribution in [3.05, 3.63) is 53.5 Å². The lowest BCUT2D eigenvalue weighted by Gasteiger charge is -2.31. The van der Waals surface area contributed by atoms with Gasteiger partial charge in [0.15, 0.2) is 0 Å². The number of aromatic nitrogens is 3. The van der Waals surface area contributed by atoms with Crippen LogP contribution in [0.25, 0.3) is 27.7 Å². The van der Waals surface area contributed by atoms with Gasteiger partial charge in [-0.15, -0.1) is 0 Å². The second kappa shape index (κ2) is 9.62. The number of carbonyl (C=O) groups excluding carboxylic acids is 1. The summed E-state index contributed by atoms with van der Waals surface area (Å²) in [5.74, 6) is 0.0527. The van der Waals surface area contributed by atoms with E-state index in [1.807, 2.05) is 42.7 Å². The molecular weight excluding hydrogens is 440 g/mol. The Morgan fingerprint density at radius 2 is 2.00 bits per heavy atom. The van der Waals surface area contributed by atoms with Crippen LogP contribution in [-0.2, 0) is 16.6 Å². The van der Waals surface area contributed by atoms with Gasteiger partial charge >= 0.3 is 0 Å². The number of carbonyl (C=O) groups is 1. The number of likely N-dealkylation sites (tertiary alicyclic amines) is 1. The van der Waals surface area contributed by atoms with Crippen LogP contribution in [0.1, 0.15) is 37.3 Å². The molecule has 0 saturated carbocycles. The van der Waals surface area contributed by atoms with E-state index < -0.39 is 0 Å². The lowest BCUT2D eigenvalue weighted by molar-refractivity contribution is -0.128. The van der Waals surface area contributed by atoms with Gasteiger partial charge in [-0.1, -0.05) is 18.2 Å². The molecule has 2 aromatic heterocycles. The van der Waals surface area contributed by atoms with Crippen molar-refractivity contribution in [2.45, 2.75) is 39.2 Å². The standard InChI is InChI=1S/C27H32N6O2/c1-17-21-5-4-6-22(23(21)14-29-27(17)19-13-30-32(3)15-19)26(28)24-16-33(18(2)34)10-7-25(24)31-20-8-11-35-12-9-20/h4-6,13-15,20H,7-12,16,28H2,1-3H3. The Kier molecular flexibility index (Phi) is 6.38. The van der Waals surface area contributed by atoms with Crippen molar-refractivity contribution < 1.29 is 9.53 Å². The highest BCUT2D eigenvalue weighted by Gasteiger charge is 2.26. The number of piperidine rings is 1. The first kappa shape index (κ1) is 23.2. The summed E-state index contributed by atoms with van der Waals surface area (Å²) in [7, 11) is 1.90. The average molecular weight is 473 g/mol. The lowest BCUT2D eigenvalue weighted by atomic mass is 9.92. The SMILES string of the molecule is CC(=O)N1CCC(=NC2CCOCC2)C(=C(N)c2cccc3c(C)c(-c4cnn(C)c4)ncc23)C1. The monoisotopic (exact) mass is 472 g/mol. The van der Waals surface area contributed by atoms with E-state index in [2.05, 4.69) is 18.1 Å². The van der Waals surface area contributed by atoms with Gasteiger partial charge in [0.2, 0.25) is 5.91 Å². The first-order valence-electron chi connectivity index (χ1n) is 12.2. The van der Waals surface area contributed by atoms with Crippen LogP contribution in [0.2, 0.25) is 0 Å². The summed E-state index contributed by atoms with van der Waals surface area (Å²) in [5, 5.41) is 6.39. The second-order valence-corrected chi connectivity index (χ2v) is 9.40. The highest BCUT2D eigenvalue weighted by atomic mass is 16.5. The number of aliphatic imine (C=N–C) groups is 1. The minimum absolute atomic E-state index is 0.0527. The van der Waals surface area contributed by atoms with E-state index in [0.29, 0.717) is 25.2 Å². The van der Waals surface area contributed by atoms with Crippen molar-refractivity contribution >= 4 is 28.1 Å². The molecule has 1 aromatic carbocycles. The van der Waals surface area contributed by atoms with Gasteiger partial charge in [-0.3, -0.25) is 19.5 Å². The van der Waals surface area contributed by atoms with Gasteiger partial charge in [0, 0.05) is 92.6 Å². The van der Waals surface area contributed by atoms with E-state index in [0.717, 1.165) is 70.5 Å². The smallest absolute Gasteiger partial charge is 0.219 e. The van der Waals surface area contributed by atoms with Crippen LogP contribution >= 0.6 is 0 Å².